The quantitative estimate of drug-likeness (QED) is 0.594. The third kappa shape index (κ3) is 6.26. The van der Waals surface area contributed by atoms with Crippen LogP contribution in [0.5, 0.6) is 0 Å². The zero-order chi connectivity index (χ0) is 14.1. The number of rotatable bonds is 9. The zero-order valence-electron chi connectivity index (χ0n) is 12.4. The van der Waals surface area contributed by atoms with Crippen LogP contribution in [0.2, 0.25) is 0 Å². The topological polar surface area (TPSA) is 37.3 Å². The van der Waals surface area contributed by atoms with Crippen molar-refractivity contribution in [3.05, 3.63) is 12.7 Å². The van der Waals surface area contributed by atoms with Crippen LogP contribution < -0.4 is 0 Å². The van der Waals surface area contributed by atoms with E-state index in [1.54, 1.807) is 0 Å². The lowest BCUT2D eigenvalue weighted by molar-refractivity contribution is -0.137. The summed E-state index contributed by atoms with van der Waals surface area (Å²) in [5.41, 5.74) is 0. The van der Waals surface area contributed by atoms with Gasteiger partial charge in [-0.3, -0.25) is 4.79 Å². The Kier molecular flexibility index (Phi) is 7.85. The largest absolute Gasteiger partial charge is 0.481 e. The molecule has 1 fully saturated rings. The summed E-state index contributed by atoms with van der Waals surface area (Å²) in [4.78, 5) is 10.6. The number of hydrogen-bond acceptors (Lipinski definition) is 1. The van der Waals surface area contributed by atoms with Gasteiger partial charge in [0.1, 0.15) is 0 Å². The Hall–Kier alpha value is -0.790. The minimum atomic E-state index is -0.650. The van der Waals surface area contributed by atoms with E-state index in [1.807, 2.05) is 6.08 Å². The molecule has 2 nitrogen and oxygen atoms in total. The third-order valence-corrected chi connectivity index (χ3v) is 4.83. The molecule has 0 spiro atoms. The molecule has 2 heteroatoms. The molecule has 1 N–H and O–H groups in total. The highest BCUT2D eigenvalue weighted by molar-refractivity contribution is 5.66. The van der Waals surface area contributed by atoms with E-state index < -0.39 is 5.97 Å². The number of hydrogen-bond donors (Lipinski definition) is 1. The predicted octanol–water partition coefficient (Wildman–Crippen LogP) is 5.04. The molecule has 1 saturated carbocycles. The van der Waals surface area contributed by atoms with Crippen LogP contribution in [0.25, 0.3) is 0 Å². The van der Waals surface area contributed by atoms with E-state index in [1.165, 1.54) is 38.5 Å². The highest BCUT2D eigenvalue weighted by Crippen LogP contribution is 2.38. The molecular weight excluding hydrogens is 236 g/mol. The average molecular weight is 266 g/mol. The normalized spacial score (nSPS) is 24.9. The number of carbonyl (C=O) groups is 1. The molecule has 0 bridgehead atoms. The molecule has 0 aromatic rings. The van der Waals surface area contributed by atoms with Crippen LogP contribution in [0.1, 0.15) is 71.1 Å². The van der Waals surface area contributed by atoms with E-state index in [-0.39, 0.29) is 0 Å². The van der Waals surface area contributed by atoms with E-state index in [0.717, 1.165) is 37.0 Å². The van der Waals surface area contributed by atoms with E-state index in [4.69, 9.17) is 5.11 Å². The van der Waals surface area contributed by atoms with Gasteiger partial charge in [-0.05, 0) is 56.3 Å². The van der Waals surface area contributed by atoms with Gasteiger partial charge in [-0.1, -0.05) is 32.3 Å². The lowest BCUT2D eigenvalue weighted by Crippen LogP contribution is -2.21. The lowest BCUT2D eigenvalue weighted by Gasteiger charge is -2.33. The fourth-order valence-corrected chi connectivity index (χ4v) is 3.59. The van der Waals surface area contributed by atoms with Crippen LogP contribution in [0.4, 0.5) is 0 Å². The predicted molar refractivity (Wildman–Crippen MR) is 80.1 cm³/mol. The van der Waals surface area contributed by atoms with Crippen molar-refractivity contribution in [1.82, 2.24) is 0 Å². The molecule has 110 valence electrons. The van der Waals surface area contributed by atoms with Crippen LogP contribution in [0, 0.1) is 17.8 Å². The summed E-state index contributed by atoms with van der Waals surface area (Å²) in [7, 11) is 0. The molecule has 0 aromatic carbocycles. The minimum Gasteiger partial charge on any atom is -0.481 e. The van der Waals surface area contributed by atoms with Gasteiger partial charge in [-0.25, -0.2) is 0 Å². The molecule has 0 heterocycles. The van der Waals surface area contributed by atoms with Crippen LogP contribution in [-0.4, -0.2) is 11.1 Å². The summed E-state index contributed by atoms with van der Waals surface area (Å²) in [6.07, 6.45) is 13.5. The summed E-state index contributed by atoms with van der Waals surface area (Å²) in [6, 6.07) is 0. The smallest absolute Gasteiger partial charge is 0.303 e. The van der Waals surface area contributed by atoms with E-state index in [2.05, 4.69) is 13.5 Å². The highest BCUT2D eigenvalue weighted by Gasteiger charge is 2.26. The summed E-state index contributed by atoms with van der Waals surface area (Å²) < 4.78 is 0. The fourth-order valence-electron chi connectivity index (χ4n) is 3.59. The number of carboxylic acids is 1. The summed E-state index contributed by atoms with van der Waals surface area (Å²) in [6.45, 7) is 6.06. The summed E-state index contributed by atoms with van der Waals surface area (Å²) in [5.74, 6) is 1.85. The zero-order valence-corrected chi connectivity index (χ0v) is 12.4. The molecule has 19 heavy (non-hydrogen) atoms. The Morgan fingerprint density at radius 1 is 1.37 bits per heavy atom. The van der Waals surface area contributed by atoms with Gasteiger partial charge < -0.3 is 5.11 Å². The first kappa shape index (κ1) is 16.3. The van der Waals surface area contributed by atoms with Gasteiger partial charge in [-0.15, -0.1) is 6.58 Å². The molecule has 1 unspecified atom stereocenters. The molecule has 0 aliphatic heterocycles. The Morgan fingerprint density at radius 2 is 2.05 bits per heavy atom. The van der Waals surface area contributed by atoms with Crippen LogP contribution in [0.15, 0.2) is 12.7 Å². The van der Waals surface area contributed by atoms with Crippen molar-refractivity contribution < 1.29 is 9.90 Å². The van der Waals surface area contributed by atoms with E-state index in [9.17, 15) is 4.79 Å². The number of allylic oxidation sites excluding steroid dienone is 1. The molecule has 0 aromatic heterocycles. The maximum Gasteiger partial charge on any atom is 0.303 e. The van der Waals surface area contributed by atoms with E-state index in [0.29, 0.717) is 6.42 Å². The van der Waals surface area contributed by atoms with Gasteiger partial charge in [0.25, 0.3) is 0 Å². The molecule has 1 aliphatic carbocycles. The van der Waals surface area contributed by atoms with Crippen molar-refractivity contribution in [3.8, 4) is 0 Å². The van der Waals surface area contributed by atoms with Gasteiger partial charge >= 0.3 is 5.97 Å². The minimum absolute atomic E-state index is 0.338. The molecule has 1 aliphatic rings. The molecule has 1 rings (SSSR count). The van der Waals surface area contributed by atoms with Crippen LogP contribution >= 0.6 is 0 Å². The summed E-state index contributed by atoms with van der Waals surface area (Å²) >= 11 is 0. The SMILES string of the molecule is C=CCCC1CCC(C(CC)CCCC(=O)O)CC1. The van der Waals surface area contributed by atoms with E-state index >= 15 is 0 Å². The number of carboxylic acid groups (broad SMARTS) is 1. The highest BCUT2D eigenvalue weighted by atomic mass is 16.4. The lowest BCUT2D eigenvalue weighted by atomic mass is 9.72. The standard InChI is InChI=1S/C17H30O2/c1-3-5-7-14-10-12-16(13-11-14)15(4-2)8-6-9-17(18)19/h3,14-16H,1,4-13H2,2H3,(H,18,19). The van der Waals surface area contributed by atoms with Crippen molar-refractivity contribution >= 4 is 5.97 Å². The Morgan fingerprint density at radius 3 is 2.58 bits per heavy atom. The second-order valence-electron chi connectivity index (χ2n) is 6.10. The first-order valence-corrected chi connectivity index (χ1v) is 8.00. The number of aliphatic carboxylic acids is 1. The Bertz CT molecular complexity index is 264. The van der Waals surface area contributed by atoms with Gasteiger partial charge in [-0.2, -0.15) is 0 Å². The van der Waals surface area contributed by atoms with Crippen molar-refractivity contribution in [2.24, 2.45) is 17.8 Å². The first-order chi connectivity index (χ1) is 9.17. The van der Waals surface area contributed by atoms with Crippen LogP contribution in [0.3, 0.4) is 0 Å². The van der Waals surface area contributed by atoms with Gasteiger partial charge in [0.05, 0.1) is 0 Å². The van der Waals surface area contributed by atoms with Crippen LogP contribution in [-0.2, 0) is 4.79 Å². The Labute approximate surface area is 118 Å². The third-order valence-electron chi connectivity index (χ3n) is 4.83. The maximum absolute atomic E-state index is 10.6. The van der Waals surface area contributed by atoms with Crippen molar-refractivity contribution in [2.75, 3.05) is 0 Å². The monoisotopic (exact) mass is 266 g/mol. The molecule has 1 atom stereocenters. The second-order valence-corrected chi connectivity index (χ2v) is 6.10. The second kappa shape index (κ2) is 9.17. The Balaban J connectivity index is 2.26. The molecule has 0 saturated heterocycles. The average Bonchev–Trinajstić information content (AvgIpc) is 2.42. The molecule has 0 radical (unpaired) electrons. The summed E-state index contributed by atoms with van der Waals surface area (Å²) in [5, 5.41) is 8.72. The van der Waals surface area contributed by atoms with Gasteiger partial charge in [0, 0.05) is 6.42 Å². The van der Waals surface area contributed by atoms with Crippen molar-refractivity contribution in [1.29, 1.82) is 0 Å². The van der Waals surface area contributed by atoms with Crippen molar-refractivity contribution in [2.45, 2.75) is 71.1 Å². The molecular formula is C17H30O2. The van der Waals surface area contributed by atoms with Crippen molar-refractivity contribution in [3.63, 3.8) is 0 Å². The molecule has 0 amide bonds. The fraction of sp³-hybridized carbons (Fsp3) is 0.824. The van der Waals surface area contributed by atoms with Gasteiger partial charge in [0.2, 0.25) is 0 Å². The first-order valence-electron chi connectivity index (χ1n) is 8.00. The maximum atomic E-state index is 10.6. The van der Waals surface area contributed by atoms with Gasteiger partial charge in [0.15, 0.2) is 0 Å².